The second kappa shape index (κ2) is 4.08. The zero-order valence-corrected chi connectivity index (χ0v) is 9.93. The predicted molar refractivity (Wildman–Crippen MR) is 78.2 cm³/mol. The standard InChI is InChI=1S/C16H14N2/c17-14-10-12-8-4-5-9-13(12)15(16(14)18)11-6-2-1-3-7-11/h1-10H,17-18H2. The summed E-state index contributed by atoms with van der Waals surface area (Å²) in [7, 11) is 0. The van der Waals surface area contributed by atoms with Gasteiger partial charge in [0.2, 0.25) is 0 Å². The average molecular weight is 234 g/mol. The minimum atomic E-state index is 0.632. The molecule has 0 amide bonds. The Labute approximate surface area is 106 Å². The maximum absolute atomic E-state index is 6.16. The minimum Gasteiger partial charge on any atom is -0.397 e. The van der Waals surface area contributed by atoms with Crippen LogP contribution in [0.1, 0.15) is 0 Å². The van der Waals surface area contributed by atoms with Crippen LogP contribution < -0.4 is 11.5 Å². The quantitative estimate of drug-likeness (QED) is 0.631. The van der Waals surface area contributed by atoms with E-state index in [1.54, 1.807) is 0 Å². The van der Waals surface area contributed by atoms with Crippen LogP contribution in [0, 0.1) is 0 Å². The highest BCUT2D eigenvalue weighted by Crippen LogP contribution is 2.37. The summed E-state index contributed by atoms with van der Waals surface area (Å²) < 4.78 is 0. The zero-order valence-electron chi connectivity index (χ0n) is 9.93. The van der Waals surface area contributed by atoms with Gasteiger partial charge in [-0.3, -0.25) is 0 Å². The molecular weight excluding hydrogens is 220 g/mol. The van der Waals surface area contributed by atoms with Gasteiger partial charge < -0.3 is 11.5 Å². The van der Waals surface area contributed by atoms with Crippen LogP contribution in [0.4, 0.5) is 11.4 Å². The summed E-state index contributed by atoms with van der Waals surface area (Å²) >= 11 is 0. The first kappa shape index (κ1) is 10.7. The summed E-state index contributed by atoms with van der Waals surface area (Å²) in [5.41, 5.74) is 15.6. The van der Waals surface area contributed by atoms with Gasteiger partial charge in [-0.05, 0) is 22.4 Å². The molecule has 0 saturated carbocycles. The molecule has 0 fully saturated rings. The van der Waals surface area contributed by atoms with Gasteiger partial charge in [-0.15, -0.1) is 0 Å². The van der Waals surface area contributed by atoms with Gasteiger partial charge in [-0.2, -0.15) is 0 Å². The number of nitrogen functional groups attached to an aromatic ring is 2. The van der Waals surface area contributed by atoms with E-state index in [-0.39, 0.29) is 0 Å². The molecule has 2 heteroatoms. The van der Waals surface area contributed by atoms with Crippen LogP contribution in [0.3, 0.4) is 0 Å². The lowest BCUT2D eigenvalue weighted by Crippen LogP contribution is -1.98. The summed E-state index contributed by atoms with van der Waals surface area (Å²) in [6.07, 6.45) is 0. The SMILES string of the molecule is Nc1cc2ccccc2c(-c2ccccc2)c1N. The molecule has 3 rings (SSSR count). The molecule has 88 valence electrons. The topological polar surface area (TPSA) is 52.0 Å². The highest BCUT2D eigenvalue weighted by Gasteiger charge is 2.10. The third kappa shape index (κ3) is 1.59. The molecule has 3 aromatic rings. The third-order valence-electron chi connectivity index (χ3n) is 3.18. The fourth-order valence-electron chi connectivity index (χ4n) is 2.30. The van der Waals surface area contributed by atoms with E-state index in [1.165, 1.54) is 0 Å². The van der Waals surface area contributed by atoms with Crippen molar-refractivity contribution in [3.8, 4) is 11.1 Å². The third-order valence-corrected chi connectivity index (χ3v) is 3.18. The Balaban J connectivity index is 2.43. The largest absolute Gasteiger partial charge is 0.397 e. The lowest BCUT2D eigenvalue weighted by Gasteiger charge is -2.12. The van der Waals surface area contributed by atoms with Crippen LogP contribution in [0.25, 0.3) is 21.9 Å². The van der Waals surface area contributed by atoms with Crippen molar-refractivity contribution in [3.05, 3.63) is 60.7 Å². The van der Waals surface area contributed by atoms with Crippen LogP contribution in [0.2, 0.25) is 0 Å². The van der Waals surface area contributed by atoms with E-state index < -0.39 is 0 Å². The van der Waals surface area contributed by atoms with Crippen molar-refractivity contribution in [3.63, 3.8) is 0 Å². The normalized spacial score (nSPS) is 10.7. The molecule has 2 nitrogen and oxygen atoms in total. The summed E-state index contributed by atoms with van der Waals surface area (Å²) in [6, 6.07) is 20.2. The number of benzene rings is 3. The zero-order chi connectivity index (χ0) is 12.5. The lowest BCUT2D eigenvalue weighted by molar-refractivity contribution is 1.63. The second-order valence-corrected chi connectivity index (χ2v) is 4.34. The fourth-order valence-corrected chi connectivity index (χ4v) is 2.30. The van der Waals surface area contributed by atoms with Crippen molar-refractivity contribution in [2.75, 3.05) is 11.5 Å². The van der Waals surface area contributed by atoms with E-state index in [9.17, 15) is 0 Å². The highest BCUT2D eigenvalue weighted by molar-refractivity contribution is 6.06. The Hall–Kier alpha value is -2.48. The van der Waals surface area contributed by atoms with Gasteiger partial charge in [0.25, 0.3) is 0 Å². The molecule has 0 aliphatic heterocycles. The van der Waals surface area contributed by atoms with E-state index >= 15 is 0 Å². The molecule has 0 saturated heterocycles. The molecule has 3 aromatic carbocycles. The highest BCUT2D eigenvalue weighted by atomic mass is 14.7. The number of rotatable bonds is 1. The summed E-state index contributed by atoms with van der Waals surface area (Å²) in [6.45, 7) is 0. The van der Waals surface area contributed by atoms with E-state index in [0.717, 1.165) is 21.9 Å². The van der Waals surface area contributed by atoms with Gasteiger partial charge in [-0.1, -0.05) is 54.6 Å². The van der Waals surface area contributed by atoms with Gasteiger partial charge in [0.1, 0.15) is 0 Å². The smallest absolute Gasteiger partial charge is 0.0633 e. The monoisotopic (exact) mass is 234 g/mol. The second-order valence-electron chi connectivity index (χ2n) is 4.34. The Morgan fingerprint density at radius 2 is 1.39 bits per heavy atom. The number of anilines is 2. The van der Waals surface area contributed by atoms with Crippen molar-refractivity contribution in [1.29, 1.82) is 0 Å². The van der Waals surface area contributed by atoms with Gasteiger partial charge in [0.15, 0.2) is 0 Å². The molecule has 0 atom stereocenters. The number of hydrogen-bond donors (Lipinski definition) is 2. The molecule has 0 radical (unpaired) electrons. The van der Waals surface area contributed by atoms with Crippen molar-refractivity contribution >= 4 is 22.1 Å². The molecule has 18 heavy (non-hydrogen) atoms. The maximum atomic E-state index is 6.16. The molecule has 0 spiro atoms. The van der Waals surface area contributed by atoms with Crippen LogP contribution in [0.15, 0.2) is 60.7 Å². The van der Waals surface area contributed by atoms with Crippen LogP contribution in [-0.4, -0.2) is 0 Å². The lowest BCUT2D eigenvalue weighted by atomic mass is 9.95. The molecule has 4 N–H and O–H groups in total. The first-order chi connectivity index (χ1) is 8.77. The minimum absolute atomic E-state index is 0.632. The van der Waals surface area contributed by atoms with E-state index in [1.807, 2.05) is 36.4 Å². The molecular formula is C16H14N2. The Bertz CT molecular complexity index is 703. The summed E-state index contributed by atoms with van der Waals surface area (Å²) in [5.74, 6) is 0. The first-order valence-corrected chi connectivity index (χ1v) is 5.89. The summed E-state index contributed by atoms with van der Waals surface area (Å²) in [5, 5.41) is 2.25. The van der Waals surface area contributed by atoms with Crippen molar-refractivity contribution in [2.45, 2.75) is 0 Å². The van der Waals surface area contributed by atoms with Crippen LogP contribution in [0.5, 0.6) is 0 Å². The molecule has 0 aliphatic carbocycles. The van der Waals surface area contributed by atoms with Gasteiger partial charge in [0, 0.05) is 5.56 Å². The van der Waals surface area contributed by atoms with Crippen LogP contribution >= 0.6 is 0 Å². The molecule has 0 heterocycles. The Kier molecular flexibility index (Phi) is 2.41. The molecule has 0 unspecified atom stereocenters. The fraction of sp³-hybridized carbons (Fsp3) is 0. The molecule has 0 aromatic heterocycles. The van der Waals surface area contributed by atoms with E-state index in [4.69, 9.17) is 11.5 Å². The molecule has 0 aliphatic rings. The van der Waals surface area contributed by atoms with Gasteiger partial charge >= 0.3 is 0 Å². The number of nitrogens with two attached hydrogens (primary N) is 2. The van der Waals surface area contributed by atoms with Gasteiger partial charge in [-0.25, -0.2) is 0 Å². The van der Waals surface area contributed by atoms with Crippen molar-refractivity contribution in [1.82, 2.24) is 0 Å². The number of fused-ring (bicyclic) bond motifs is 1. The van der Waals surface area contributed by atoms with E-state index in [0.29, 0.717) is 11.4 Å². The predicted octanol–water partition coefficient (Wildman–Crippen LogP) is 3.67. The Morgan fingerprint density at radius 1 is 0.722 bits per heavy atom. The number of hydrogen-bond acceptors (Lipinski definition) is 2. The summed E-state index contributed by atoms with van der Waals surface area (Å²) in [4.78, 5) is 0. The van der Waals surface area contributed by atoms with Crippen molar-refractivity contribution < 1.29 is 0 Å². The molecule has 0 bridgehead atoms. The van der Waals surface area contributed by atoms with Crippen LogP contribution in [-0.2, 0) is 0 Å². The first-order valence-electron chi connectivity index (χ1n) is 5.89. The van der Waals surface area contributed by atoms with Crippen molar-refractivity contribution in [2.24, 2.45) is 0 Å². The van der Waals surface area contributed by atoms with Gasteiger partial charge in [0.05, 0.1) is 11.4 Å². The average Bonchev–Trinajstić information content (AvgIpc) is 2.41. The van der Waals surface area contributed by atoms with E-state index in [2.05, 4.69) is 24.3 Å². The maximum Gasteiger partial charge on any atom is 0.0633 e. The Morgan fingerprint density at radius 3 is 2.17 bits per heavy atom.